The molecule has 7 heteroatoms. The molecule has 0 spiro atoms. The van der Waals surface area contributed by atoms with E-state index in [0.717, 1.165) is 19.3 Å². The number of nitrogens with one attached hydrogen (secondary N) is 2. The van der Waals surface area contributed by atoms with Crippen LogP contribution in [0, 0.1) is 0 Å². The van der Waals surface area contributed by atoms with Crippen molar-refractivity contribution in [2.75, 3.05) is 0 Å². The third-order valence-corrected chi connectivity index (χ3v) is 2.43. The van der Waals surface area contributed by atoms with Gasteiger partial charge in [-0.05, 0) is 25.7 Å². The number of primary amides is 2. The first-order valence-corrected chi connectivity index (χ1v) is 4.69. The standard InChI is InChI=1S/C8H16N4O2.ClH/c9-6(13)11-8(12-7(10)14)4-2-1-3-5-8;/h1-5H2,(H3,9,11,13)(H3,10,12,14);1H. The molecule has 1 aliphatic carbocycles. The predicted octanol–water partition coefficient (Wildman–Crippen LogP) is 0.405. The fourth-order valence-electron chi connectivity index (χ4n) is 1.91. The molecule has 1 saturated carbocycles. The van der Waals surface area contributed by atoms with Gasteiger partial charge in [-0.1, -0.05) is 6.42 Å². The summed E-state index contributed by atoms with van der Waals surface area (Å²) in [6.07, 6.45) is 4.35. The molecule has 15 heavy (non-hydrogen) atoms. The summed E-state index contributed by atoms with van der Waals surface area (Å²) in [6, 6.07) is -1.28. The molecule has 6 nitrogen and oxygen atoms in total. The van der Waals surface area contributed by atoms with Crippen LogP contribution in [0.25, 0.3) is 0 Å². The quantitative estimate of drug-likeness (QED) is 0.521. The summed E-state index contributed by atoms with van der Waals surface area (Å²) in [5.74, 6) is 0. The van der Waals surface area contributed by atoms with Gasteiger partial charge in [-0.15, -0.1) is 12.4 Å². The molecule has 0 unspecified atom stereocenters. The highest BCUT2D eigenvalue weighted by atomic mass is 35.5. The summed E-state index contributed by atoms with van der Waals surface area (Å²) in [7, 11) is 0. The maximum atomic E-state index is 10.8. The molecule has 0 aromatic carbocycles. The second kappa shape index (κ2) is 5.65. The number of hydrogen-bond donors (Lipinski definition) is 4. The summed E-state index contributed by atoms with van der Waals surface area (Å²) in [5, 5.41) is 5.11. The zero-order chi connectivity index (χ0) is 10.6. The van der Waals surface area contributed by atoms with Crippen LogP contribution in [-0.4, -0.2) is 17.7 Å². The minimum atomic E-state index is -0.726. The molecule has 88 valence electrons. The van der Waals surface area contributed by atoms with Gasteiger partial charge in [-0.3, -0.25) is 0 Å². The lowest BCUT2D eigenvalue weighted by atomic mass is 9.89. The van der Waals surface area contributed by atoms with Gasteiger partial charge < -0.3 is 22.1 Å². The molecule has 1 fully saturated rings. The number of amides is 4. The lowest BCUT2D eigenvalue weighted by Crippen LogP contribution is -2.63. The van der Waals surface area contributed by atoms with E-state index < -0.39 is 17.7 Å². The number of urea groups is 2. The fourth-order valence-corrected chi connectivity index (χ4v) is 1.91. The molecular weight excluding hydrogens is 220 g/mol. The first-order chi connectivity index (χ1) is 6.54. The van der Waals surface area contributed by atoms with Crippen molar-refractivity contribution >= 4 is 24.5 Å². The molecule has 0 bridgehead atoms. The Labute approximate surface area is 94.5 Å². The summed E-state index contributed by atoms with van der Waals surface area (Å²) >= 11 is 0. The van der Waals surface area contributed by atoms with Crippen LogP contribution in [0.1, 0.15) is 32.1 Å². The van der Waals surface area contributed by atoms with E-state index in [1.807, 2.05) is 0 Å². The lowest BCUT2D eigenvalue weighted by molar-refractivity contribution is 0.179. The van der Waals surface area contributed by atoms with Crippen molar-refractivity contribution in [3.05, 3.63) is 0 Å². The third-order valence-electron chi connectivity index (χ3n) is 2.43. The van der Waals surface area contributed by atoms with Crippen LogP contribution in [0.3, 0.4) is 0 Å². The van der Waals surface area contributed by atoms with Gasteiger partial charge in [0.2, 0.25) is 0 Å². The molecule has 0 aliphatic heterocycles. The first kappa shape index (κ1) is 13.8. The third kappa shape index (κ3) is 4.24. The van der Waals surface area contributed by atoms with Gasteiger partial charge in [-0.2, -0.15) is 0 Å². The molecule has 0 aromatic rings. The topological polar surface area (TPSA) is 110 Å². The van der Waals surface area contributed by atoms with E-state index in [4.69, 9.17) is 11.5 Å². The summed E-state index contributed by atoms with van der Waals surface area (Å²) in [6.45, 7) is 0. The van der Waals surface area contributed by atoms with Crippen LogP contribution in [-0.2, 0) is 0 Å². The van der Waals surface area contributed by atoms with Gasteiger partial charge in [-0.25, -0.2) is 9.59 Å². The average molecular weight is 237 g/mol. The van der Waals surface area contributed by atoms with Crippen LogP contribution in [0.15, 0.2) is 0 Å². The van der Waals surface area contributed by atoms with Crippen LogP contribution < -0.4 is 22.1 Å². The van der Waals surface area contributed by atoms with Crippen molar-refractivity contribution in [1.29, 1.82) is 0 Å². The largest absolute Gasteiger partial charge is 0.352 e. The van der Waals surface area contributed by atoms with Crippen LogP contribution in [0.5, 0.6) is 0 Å². The number of nitrogens with two attached hydrogens (primary N) is 2. The Morgan fingerprint density at radius 3 is 1.67 bits per heavy atom. The van der Waals surface area contributed by atoms with E-state index in [9.17, 15) is 9.59 Å². The molecule has 0 radical (unpaired) electrons. The first-order valence-electron chi connectivity index (χ1n) is 4.69. The smallest absolute Gasteiger partial charge is 0.313 e. The molecule has 0 aromatic heterocycles. The van der Waals surface area contributed by atoms with Crippen LogP contribution >= 0.6 is 12.4 Å². The summed E-state index contributed by atoms with van der Waals surface area (Å²) in [4.78, 5) is 21.5. The van der Waals surface area contributed by atoms with Crippen molar-refractivity contribution in [1.82, 2.24) is 10.6 Å². The summed E-state index contributed by atoms with van der Waals surface area (Å²) in [5.41, 5.74) is 9.36. The lowest BCUT2D eigenvalue weighted by Gasteiger charge is -2.37. The highest BCUT2D eigenvalue weighted by Crippen LogP contribution is 2.25. The zero-order valence-electron chi connectivity index (χ0n) is 8.41. The van der Waals surface area contributed by atoms with Crippen molar-refractivity contribution in [2.24, 2.45) is 11.5 Å². The van der Waals surface area contributed by atoms with Gasteiger partial charge in [0.25, 0.3) is 0 Å². The fraction of sp³-hybridized carbons (Fsp3) is 0.750. The van der Waals surface area contributed by atoms with E-state index >= 15 is 0 Å². The van der Waals surface area contributed by atoms with Crippen molar-refractivity contribution in [3.63, 3.8) is 0 Å². The molecule has 0 heterocycles. The van der Waals surface area contributed by atoms with Gasteiger partial charge >= 0.3 is 12.1 Å². The van der Waals surface area contributed by atoms with Gasteiger partial charge in [0.15, 0.2) is 0 Å². The number of carbonyl (C=O) groups is 2. The Kier molecular flexibility index (Phi) is 5.21. The average Bonchev–Trinajstić information content (AvgIpc) is 2.01. The maximum Gasteiger partial charge on any atom is 0.313 e. The normalized spacial score (nSPS) is 18.4. The Bertz CT molecular complexity index is 223. The number of hydrogen-bond acceptors (Lipinski definition) is 2. The van der Waals surface area contributed by atoms with E-state index in [2.05, 4.69) is 10.6 Å². The van der Waals surface area contributed by atoms with E-state index in [0.29, 0.717) is 12.8 Å². The predicted molar refractivity (Wildman–Crippen MR) is 58.5 cm³/mol. The monoisotopic (exact) mass is 236 g/mol. The second-order valence-electron chi connectivity index (χ2n) is 3.62. The molecule has 1 aliphatic rings. The molecule has 0 saturated heterocycles. The summed E-state index contributed by atoms with van der Waals surface area (Å²) < 4.78 is 0. The highest BCUT2D eigenvalue weighted by Gasteiger charge is 2.33. The SMILES string of the molecule is Cl.NC(=O)NC1(NC(N)=O)CCCCC1. The van der Waals surface area contributed by atoms with Gasteiger partial charge in [0.1, 0.15) is 5.66 Å². The highest BCUT2D eigenvalue weighted by molar-refractivity contribution is 5.85. The van der Waals surface area contributed by atoms with Crippen LogP contribution in [0.2, 0.25) is 0 Å². The Hall–Kier alpha value is -1.17. The molecule has 1 rings (SSSR count). The van der Waals surface area contributed by atoms with E-state index in [1.54, 1.807) is 0 Å². The minimum absolute atomic E-state index is 0. The van der Waals surface area contributed by atoms with Crippen molar-refractivity contribution < 1.29 is 9.59 Å². The maximum absolute atomic E-state index is 10.8. The molecule has 4 amide bonds. The molecule has 0 atom stereocenters. The Balaban J connectivity index is 0.00000196. The molecule has 6 N–H and O–H groups in total. The Morgan fingerprint density at radius 2 is 1.33 bits per heavy atom. The molecular formula is C8H17ClN4O2. The van der Waals surface area contributed by atoms with Gasteiger partial charge in [0.05, 0.1) is 0 Å². The minimum Gasteiger partial charge on any atom is -0.352 e. The van der Waals surface area contributed by atoms with E-state index in [-0.39, 0.29) is 12.4 Å². The second-order valence-corrected chi connectivity index (χ2v) is 3.62. The van der Waals surface area contributed by atoms with Crippen LogP contribution in [0.4, 0.5) is 9.59 Å². The number of halogens is 1. The zero-order valence-corrected chi connectivity index (χ0v) is 9.23. The van der Waals surface area contributed by atoms with E-state index in [1.165, 1.54) is 0 Å². The Morgan fingerprint density at radius 1 is 0.933 bits per heavy atom. The van der Waals surface area contributed by atoms with Gasteiger partial charge in [0, 0.05) is 0 Å². The number of rotatable bonds is 2. The number of carbonyl (C=O) groups excluding carboxylic acids is 2. The van der Waals surface area contributed by atoms with Crippen molar-refractivity contribution in [2.45, 2.75) is 37.8 Å². The van der Waals surface area contributed by atoms with Crippen molar-refractivity contribution in [3.8, 4) is 0 Å².